The summed E-state index contributed by atoms with van der Waals surface area (Å²) in [6.07, 6.45) is 2.86. The van der Waals surface area contributed by atoms with E-state index in [1.54, 1.807) is 30.3 Å². The van der Waals surface area contributed by atoms with Crippen LogP contribution < -0.4 is 5.11 Å². The number of halogens is 1. The third-order valence-corrected chi connectivity index (χ3v) is 5.29. The van der Waals surface area contributed by atoms with E-state index >= 15 is 0 Å². The Bertz CT molecular complexity index is 1010. The highest BCUT2D eigenvalue weighted by Crippen LogP contribution is 2.38. The molecular weight excluding hydrogens is 450 g/mol. The van der Waals surface area contributed by atoms with Gasteiger partial charge in [-0.1, -0.05) is 64.5 Å². The van der Waals surface area contributed by atoms with Crippen molar-refractivity contribution in [3.8, 4) is 0 Å². The molecule has 2 aromatic carbocycles. The number of ketones is 1. The van der Waals surface area contributed by atoms with E-state index in [4.69, 9.17) is 0 Å². The summed E-state index contributed by atoms with van der Waals surface area (Å²) in [5.74, 6) is -3.02. The molecule has 154 valence electrons. The second-order valence-electron chi connectivity index (χ2n) is 6.80. The van der Waals surface area contributed by atoms with Gasteiger partial charge in [-0.3, -0.25) is 9.59 Å². The number of nitrogens with zero attached hydrogens (tertiary/aromatic N) is 1. The number of carbonyl (C=O) groups excluding carboxylic acids is 3. The van der Waals surface area contributed by atoms with Crippen molar-refractivity contribution < 1.29 is 24.6 Å². The molecule has 0 saturated heterocycles. The molecule has 1 aliphatic rings. The number of hydrogen-bond donors (Lipinski definition) is 1. The van der Waals surface area contributed by atoms with Crippen LogP contribution in [0.25, 0.3) is 6.08 Å². The maximum absolute atomic E-state index is 13.0. The molecule has 0 spiro atoms. The standard InChI is InChI=1S/C23H20BrNO5/c24-17-11-9-16(10-12-17)21-20(18(26)13-8-15-5-2-1-3-6-15)22(29)23(30)25(21)14-4-7-19(27)28/h1-3,5-6,8-13,21,29H,4,7,14H2,(H,27,28)/p-1. The molecule has 30 heavy (non-hydrogen) atoms. The summed E-state index contributed by atoms with van der Waals surface area (Å²) in [5.41, 5.74) is 1.42. The van der Waals surface area contributed by atoms with Crippen LogP contribution in [0.2, 0.25) is 0 Å². The molecule has 0 aromatic heterocycles. The lowest BCUT2D eigenvalue weighted by atomic mass is 9.95. The molecule has 1 N–H and O–H groups in total. The third-order valence-electron chi connectivity index (χ3n) is 4.76. The van der Waals surface area contributed by atoms with Crippen molar-refractivity contribution in [1.82, 2.24) is 4.90 Å². The van der Waals surface area contributed by atoms with Crippen molar-refractivity contribution in [1.29, 1.82) is 0 Å². The lowest BCUT2D eigenvalue weighted by molar-refractivity contribution is -0.305. The first-order valence-corrected chi connectivity index (χ1v) is 10.1. The highest BCUT2D eigenvalue weighted by molar-refractivity contribution is 9.10. The topological polar surface area (TPSA) is 97.7 Å². The zero-order valence-corrected chi connectivity index (χ0v) is 17.5. The van der Waals surface area contributed by atoms with Crippen molar-refractivity contribution in [2.75, 3.05) is 6.54 Å². The number of carboxylic acid groups (broad SMARTS) is 1. The molecule has 0 saturated carbocycles. The summed E-state index contributed by atoms with van der Waals surface area (Å²) in [7, 11) is 0. The van der Waals surface area contributed by atoms with E-state index in [0.717, 1.165) is 10.0 Å². The van der Waals surface area contributed by atoms with Crippen LogP contribution in [-0.4, -0.2) is 34.2 Å². The quantitative estimate of drug-likeness (QED) is 0.600. The predicted molar refractivity (Wildman–Crippen MR) is 113 cm³/mol. The molecule has 1 unspecified atom stereocenters. The average Bonchev–Trinajstić information content (AvgIpc) is 2.98. The van der Waals surface area contributed by atoms with Crippen LogP contribution in [0.4, 0.5) is 0 Å². The largest absolute Gasteiger partial charge is 0.550 e. The Labute approximate surface area is 182 Å². The summed E-state index contributed by atoms with van der Waals surface area (Å²) in [6.45, 7) is 0.0663. The number of amides is 1. The molecule has 0 aliphatic carbocycles. The second kappa shape index (κ2) is 9.54. The first kappa shape index (κ1) is 21.5. The van der Waals surface area contributed by atoms with Gasteiger partial charge in [-0.25, -0.2) is 0 Å². The van der Waals surface area contributed by atoms with Gasteiger partial charge in [-0.05, 0) is 42.2 Å². The molecule has 7 heteroatoms. The minimum atomic E-state index is -1.22. The molecule has 0 radical (unpaired) electrons. The van der Waals surface area contributed by atoms with Crippen LogP contribution in [0.15, 0.2) is 76.5 Å². The minimum absolute atomic E-state index is 0.0250. The van der Waals surface area contributed by atoms with E-state index in [2.05, 4.69) is 15.9 Å². The van der Waals surface area contributed by atoms with Crippen LogP contribution in [0.5, 0.6) is 0 Å². The summed E-state index contributed by atoms with van der Waals surface area (Å²) in [4.78, 5) is 37.7. The highest BCUT2D eigenvalue weighted by atomic mass is 79.9. The lowest BCUT2D eigenvalue weighted by Crippen LogP contribution is -2.33. The summed E-state index contributed by atoms with van der Waals surface area (Å²) >= 11 is 3.35. The first-order chi connectivity index (χ1) is 14.4. The monoisotopic (exact) mass is 468 g/mol. The summed E-state index contributed by atoms with van der Waals surface area (Å²) in [5, 5.41) is 21.2. The third kappa shape index (κ3) is 4.86. The number of aliphatic hydroxyl groups is 1. The Morgan fingerprint density at radius 2 is 1.77 bits per heavy atom. The Morgan fingerprint density at radius 3 is 2.40 bits per heavy atom. The fourth-order valence-electron chi connectivity index (χ4n) is 3.35. The van der Waals surface area contributed by atoms with Gasteiger partial charge in [0.1, 0.15) is 0 Å². The van der Waals surface area contributed by atoms with Gasteiger partial charge >= 0.3 is 0 Å². The maximum atomic E-state index is 13.0. The number of hydrogen-bond acceptors (Lipinski definition) is 5. The molecule has 2 aromatic rings. The van der Waals surface area contributed by atoms with Crippen LogP contribution in [0.1, 0.15) is 30.0 Å². The number of carboxylic acids is 1. The lowest BCUT2D eigenvalue weighted by Gasteiger charge is -2.26. The zero-order chi connectivity index (χ0) is 21.7. The number of rotatable bonds is 8. The molecule has 1 heterocycles. The van der Waals surface area contributed by atoms with E-state index in [-0.39, 0.29) is 25.0 Å². The highest BCUT2D eigenvalue weighted by Gasteiger charge is 2.42. The van der Waals surface area contributed by atoms with Gasteiger partial charge in [0, 0.05) is 17.0 Å². The number of aliphatic carboxylic acids is 1. The Kier molecular flexibility index (Phi) is 6.84. The zero-order valence-electron chi connectivity index (χ0n) is 16.0. The fraction of sp³-hybridized carbons (Fsp3) is 0.174. The molecule has 3 rings (SSSR count). The number of aliphatic hydroxyl groups excluding tert-OH is 1. The first-order valence-electron chi connectivity index (χ1n) is 9.35. The molecule has 6 nitrogen and oxygen atoms in total. The van der Waals surface area contributed by atoms with E-state index in [0.29, 0.717) is 5.56 Å². The van der Waals surface area contributed by atoms with Gasteiger partial charge in [0.05, 0.1) is 11.6 Å². The number of allylic oxidation sites excluding steroid dienone is 1. The van der Waals surface area contributed by atoms with Crippen molar-refractivity contribution >= 4 is 39.7 Å². The maximum Gasteiger partial charge on any atom is 0.290 e. The molecule has 1 atom stereocenters. The molecule has 0 fully saturated rings. The summed E-state index contributed by atoms with van der Waals surface area (Å²) in [6, 6.07) is 15.4. The average molecular weight is 469 g/mol. The van der Waals surface area contributed by atoms with Crippen LogP contribution in [-0.2, 0) is 14.4 Å². The van der Waals surface area contributed by atoms with Gasteiger partial charge in [0.25, 0.3) is 5.91 Å². The SMILES string of the molecule is O=C([O-])CCCN1C(=O)C(O)=C(C(=O)C=Cc2ccccc2)C1c1ccc(Br)cc1. The van der Waals surface area contributed by atoms with E-state index < -0.39 is 29.5 Å². The second-order valence-corrected chi connectivity index (χ2v) is 7.71. The molecule has 1 amide bonds. The van der Waals surface area contributed by atoms with Crippen LogP contribution >= 0.6 is 15.9 Å². The fourth-order valence-corrected chi connectivity index (χ4v) is 3.61. The Morgan fingerprint density at radius 1 is 1.10 bits per heavy atom. The van der Waals surface area contributed by atoms with Gasteiger partial charge in [0.15, 0.2) is 11.5 Å². The normalized spacial score (nSPS) is 16.5. The Hall–Kier alpha value is -3.19. The number of benzene rings is 2. The van der Waals surface area contributed by atoms with Gasteiger partial charge in [-0.2, -0.15) is 0 Å². The van der Waals surface area contributed by atoms with Crippen LogP contribution in [0.3, 0.4) is 0 Å². The van der Waals surface area contributed by atoms with Crippen molar-refractivity contribution in [3.05, 3.63) is 87.6 Å². The summed E-state index contributed by atoms with van der Waals surface area (Å²) < 4.78 is 0.823. The Balaban J connectivity index is 1.94. The van der Waals surface area contributed by atoms with E-state index in [1.807, 2.05) is 30.3 Å². The van der Waals surface area contributed by atoms with Gasteiger partial charge in [-0.15, -0.1) is 0 Å². The molecule has 0 bridgehead atoms. The van der Waals surface area contributed by atoms with Crippen LogP contribution in [0, 0.1) is 0 Å². The number of carbonyl (C=O) groups is 3. The molecule has 1 aliphatic heterocycles. The van der Waals surface area contributed by atoms with Crippen molar-refractivity contribution in [2.24, 2.45) is 0 Å². The predicted octanol–water partition coefficient (Wildman–Crippen LogP) is 2.96. The van der Waals surface area contributed by atoms with Gasteiger partial charge in [0.2, 0.25) is 0 Å². The molecular formula is C23H19BrNO5-. The van der Waals surface area contributed by atoms with E-state index in [9.17, 15) is 24.6 Å². The minimum Gasteiger partial charge on any atom is -0.550 e. The van der Waals surface area contributed by atoms with Crippen molar-refractivity contribution in [2.45, 2.75) is 18.9 Å². The smallest absolute Gasteiger partial charge is 0.290 e. The van der Waals surface area contributed by atoms with Gasteiger partial charge < -0.3 is 19.9 Å². The van der Waals surface area contributed by atoms with E-state index in [1.165, 1.54) is 11.0 Å². The van der Waals surface area contributed by atoms with Crippen molar-refractivity contribution in [3.63, 3.8) is 0 Å².